The number of nitrogens with two attached hydrogens (primary N) is 1. The highest BCUT2D eigenvalue weighted by molar-refractivity contribution is 5.94. The lowest BCUT2D eigenvalue weighted by Gasteiger charge is -1.99. The predicted molar refractivity (Wildman–Crippen MR) is 81.5 cm³/mol. The van der Waals surface area contributed by atoms with E-state index >= 15 is 0 Å². The number of aromatic nitrogens is 5. The zero-order valence-electron chi connectivity index (χ0n) is 12.4. The highest BCUT2D eigenvalue weighted by Crippen LogP contribution is 2.14. The number of amides is 1. The molecule has 0 spiro atoms. The number of hydrogen-bond donors (Lipinski definition) is 3. The van der Waals surface area contributed by atoms with Crippen molar-refractivity contribution in [2.45, 2.75) is 6.92 Å². The third-order valence-corrected chi connectivity index (χ3v) is 3.08. The number of hydrazone groups is 1. The molecule has 0 fully saturated rings. The number of hydrogen-bond acceptors (Lipinski definition) is 9. The Morgan fingerprint density at radius 3 is 2.79 bits per heavy atom. The normalized spacial score (nSPS) is 11.0. The molecule has 1 aromatic carbocycles. The van der Waals surface area contributed by atoms with Crippen molar-refractivity contribution < 1.29 is 14.5 Å². The number of nitrogens with one attached hydrogen (secondary N) is 1. The minimum Gasteiger partial charge on any atom is -0.508 e. The first-order valence-corrected chi connectivity index (χ1v) is 6.69. The summed E-state index contributed by atoms with van der Waals surface area (Å²) in [6.07, 6.45) is 1.43. The van der Waals surface area contributed by atoms with Crippen molar-refractivity contribution >= 4 is 17.9 Å². The standard InChI is InChI=1S/C13H12N8O3/c1-7-10(16-20-21(7)12-11(14)18-24-19-12)13(23)17-15-6-8-2-4-9(22)5-3-8/h2-6,22H,1H3,(H2,14,18)(H,17,23)/b15-6-. The summed E-state index contributed by atoms with van der Waals surface area (Å²) in [5, 5.41) is 27.6. The Balaban J connectivity index is 1.73. The van der Waals surface area contributed by atoms with Crippen LogP contribution < -0.4 is 11.2 Å². The largest absolute Gasteiger partial charge is 0.508 e. The summed E-state index contributed by atoms with van der Waals surface area (Å²) in [4.78, 5) is 12.1. The summed E-state index contributed by atoms with van der Waals surface area (Å²) in [7, 11) is 0. The molecule has 0 aliphatic rings. The molecule has 11 nitrogen and oxygen atoms in total. The molecule has 0 saturated carbocycles. The van der Waals surface area contributed by atoms with Gasteiger partial charge < -0.3 is 10.8 Å². The Hall–Kier alpha value is -3.76. The fourth-order valence-electron chi connectivity index (χ4n) is 1.86. The molecule has 0 radical (unpaired) electrons. The number of phenolic OH excluding ortho intramolecular Hbond substituents is 1. The molecule has 2 heterocycles. The molecule has 3 rings (SSSR count). The second kappa shape index (κ2) is 6.16. The average molecular weight is 328 g/mol. The van der Waals surface area contributed by atoms with Gasteiger partial charge in [-0.15, -0.1) is 5.10 Å². The van der Waals surface area contributed by atoms with Gasteiger partial charge in [-0.2, -0.15) is 9.78 Å². The highest BCUT2D eigenvalue weighted by atomic mass is 16.6. The van der Waals surface area contributed by atoms with Crippen LogP contribution in [0.25, 0.3) is 5.82 Å². The van der Waals surface area contributed by atoms with E-state index in [4.69, 9.17) is 5.73 Å². The lowest BCUT2D eigenvalue weighted by Crippen LogP contribution is -2.19. The number of rotatable bonds is 4. The summed E-state index contributed by atoms with van der Waals surface area (Å²) in [6.45, 7) is 1.62. The third-order valence-electron chi connectivity index (χ3n) is 3.08. The fourth-order valence-corrected chi connectivity index (χ4v) is 1.86. The van der Waals surface area contributed by atoms with Crippen LogP contribution in [0.2, 0.25) is 0 Å². The smallest absolute Gasteiger partial charge is 0.293 e. The monoisotopic (exact) mass is 328 g/mol. The van der Waals surface area contributed by atoms with Crippen LogP contribution in [0.3, 0.4) is 0 Å². The van der Waals surface area contributed by atoms with Crippen LogP contribution in [0.5, 0.6) is 5.75 Å². The zero-order chi connectivity index (χ0) is 17.1. The average Bonchev–Trinajstić information content (AvgIpc) is 3.14. The van der Waals surface area contributed by atoms with Crippen molar-refractivity contribution in [3.8, 4) is 11.6 Å². The first kappa shape index (κ1) is 15.1. The maximum Gasteiger partial charge on any atom is 0.293 e. The van der Waals surface area contributed by atoms with Gasteiger partial charge >= 0.3 is 0 Å². The quantitative estimate of drug-likeness (QED) is 0.446. The second-order valence-electron chi connectivity index (χ2n) is 4.70. The molecule has 3 aromatic rings. The van der Waals surface area contributed by atoms with E-state index < -0.39 is 5.91 Å². The molecule has 4 N–H and O–H groups in total. The molecule has 2 aromatic heterocycles. The SMILES string of the molecule is Cc1c(C(=O)N/N=C\c2ccc(O)cc2)nnn1-c1nonc1N. The van der Waals surface area contributed by atoms with Crippen molar-refractivity contribution in [3.05, 3.63) is 41.2 Å². The molecule has 1 amide bonds. The van der Waals surface area contributed by atoms with Crippen LogP contribution >= 0.6 is 0 Å². The predicted octanol–water partition coefficient (Wildman–Crippen LogP) is 0.0104. The van der Waals surface area contributed by atoms with Crippen LogP contribution in [-0.4, -0.2) is 42.5 Å². The summed E-state index contributed by atoms with van der Waals surface area (Å²) in [5.41, 5.74) is 9.08. The van der Waals surface area contributed by atoms with E-state index in [0.717, 1.165) is 0 Å². The van der Waals surface area contributed by atoms with Crippen molar-refractivity contribution in [1.29, 1.82) is 0 Å². The number of nitrogen functional groups attached to an aromatic ring is 1. The zero-order valence-corrected chi connectivity index (χ0v) is 12.4. The van der Waals surface area contributed by atoms with Crippen LogP contribution in [0, 0.1) is 6.92 Å². The third kappa shape index (κ3) is 2.90. The van der Waals surface area contributed by atoms with Crippen LogP contribution in [0.1, 0.15) is 21.7 Å². The molecule has 0 aliphatic carbocycles. The highest BCUT2D eigenvalue weighted by Gasteiger charge is 2.20. The summed E-state index contributed by atoms with van der Waals surface area (Å²) in [6, 6.07) is 6.31. The molecule has 24 heavy (non-hydrogen) atoms. The molecule has 122 valence electrons. The number of carbonyl (C=O) groups is 1. The minimum atomic E-state index is -0.552. The van der Waals surface area contributed by atoms with Gasteiger partial charge in [0.15, 0.2) is 5.69 Å². The van der Waals surface area contributed by atoms with Gasteiger partial charge in [0, 0.05) is 0 Å². The summed E-state index contributed by atoms with van der Waals surface area (Å²) in [5.74, 6) is -0.235. The van der Waals surface area contributed by atoms with E-state index in [1.54, 1.807) is 19.1 Å². The van der Waals surface area contributed by atoms with Gasteiger partial charge in [-0.25, -0.2) is 10.1 Å². The van der Waals surface area contributed by atoms with E-state index in [1.165, 1.54) is 23.0 Å². The molecular weight excluding hydrogens is 316 g/mol. The Bertz CT molecular complexity index is 896. The van der Waals surface area contributed by atoms with Gasteiger partial charge in [-0.1, -0.05) is 5.21 Å². The van der Waals surface area contributed by atoms with Crippen molar-refractivity contribution in [1.82, 2.24) is 30.7 Å². The number of phenols is 1. The van der Waals surface area contributed by atoms with E-state index in [-0.39, 0.29) is 23.1 Å². The molecule has 0 bridgehead atoms. The number of aromatic hydroxyl groups is 1. The fraction of sp³-hybridized carbons (Fsp3) is 0.0769. The Morgan fingerprint density at radius 1 is 1.38 bits per heavy atom. The van der Waals surface area contributed by atoms with Gasteiger partial charge in [0.2, 0.25) is 11.6 Å². The summed E-state index contributed by atoms with van der Waals surface area (Å²) < 4.78 is 5.73. The van der Waals surface area contributed by atoms with E-state index in [9.17, 15) is 9.90 Å². The maximum atomic E-state index is 12.1. The Morgan fingerprint density at radius 2 is 2.12 bits per heavy atom. The maximum absolute atomic E-state index is 12.1. The topological polar surface area (TPSA) is 157 Å². The molecule has 11 heteroatoms. The Labute approximate surface area is 134 Å². The van der Waals surface area contributed by atoms with Crippen LogP contribution in [-0.2, 0) is 0 Å². The molecule has 0 atom stereocenters. The van der Waals surface area contributed by atoms with Gasteiger partial charge in [-0.05, 0) is 47.1 Å². The number of carbonyl (C=O) groups excluding carboxylic acids is 1. The van der Waals surface area contributed by atoms with Crippen molar-refractivity contribution in [2.75, 3.05) is 5.73 Å². The van der Waals surface area contributed by atoms with Gasteiger partial charge in [0.1, 0.15) is 5.75 Å². The van der Waals surface area contributed by atoms with Gasteiger partial charge in [-0.3, -0.25) is 4.79 Å². The van der Waals surface area contributed by atoms with Crippen molar-refractivity contribution in [2.24, 2.45) is 5.10 Å². The Kier molecular flexibility index (Phi) is 3.89. The number of benzene rings is 1. The second-order valence-corrected chi connectivity index (χ2v) is 4.70. The van der Waals surface area contributed by atoms with Crippen LogP contribution in [0.15, 0.2) is 34.0 Å². The van der Waals surface area contributed by atoms with Crippen LogP contribution in [0.4, 0.5) is 5.82 Å². The van der Waals surface area contributed by atoms with E-state index in [1.807, 2.05) is 0 Å². The molecule has 0 saturated heterocycles. The molecule has 0 aliphatic heterocycles. The lowest BCUT2D eigenvalue weighted by atomic mass is 10.2. The number of nitrogens with zero attached hydrogens (tertiary/aromatic N) is 6. The summed E-state index contributed by atoms with van der Waals surface area (Å²) >= 11 is 0. The lowest BCUT2D eigenvalue weighted by molar-refractivity contribution is 0.0949. The first-order valence-electron chi connectivity index (χ1n) is 6.69. The number of anilines is 1. The van der Waals surface area contributed by atoms with E-state index in [2.05, 4.69) is 35.8 Å². The van der Waals surface area contributed by atoms with Gasteiger partial charge in [0.25, 0.3) is 5.91 Å². The molecular formula is C13H12N8O3. The van der Waals surface area contributed by atoms with Crippen molar-refractivity contribution in [3.63, 3.8) is 0 Å². The van der Waals surface area contributed by atoms with E-state index in [0.29, 0.717) is 11.3 Å². The van der Waals surface area contributed by atoms with Gasteiger partial charge in [0.05, 0.1) is 11.9 Å². The minimum absolute atomic E-state index is 0.0281. The molecule has 0 unspecified atom stereocenters. The first-order chi connectivity index (χ1) is 11.6.